The van der Waals surface area contributed by atoms with Gasteiger partial charge in [0.15, 0.2) is 0 Å². The van der Waals surface area contributed by atoms with Crippen LogP contribution in [0.15, 0.2) is 169 Å². The molecule has 192 valence electrons. The number of benzene rings is 5. The molecule has 0 saturated heterocycles. The molecule has 5 aromatic carbocycles. The van der Waals surface area contributed by atoms with E-state index in [1.807, 2.05) is 152 Å². The molecule has 7 rings (SSSR count). The Morgan fingerprint density at radius 2 is 0.800 bits per heavy atom. The summed E-state index contributed by atoms with van der Waals surface area (Å²) in [4.78, 5) is 0. The lowest BCUT2D eigenvalue weighted by Gasteiger charge is -2.39. The molecular weight excluding hydrogens is 494 g/mol. The van der Waals surface area contributed by atoms with Gasteiger partial charge in [0, 0.05) is 5.57 Å². The summed E-state index contributed by atoms with van der Waals surface area (Å²) in [6.07, 6.45) is 1.74. The van der Waals surface area contributed by atoms with Crippen LogP contribution in [-0.4, -0.2) is 5.92 Å². The number of fused-ring (bicyclic) bond motifs is 1. The maximum absolute atomic E-state index is 17.8. The van der Waals surface area contributed by atoms with Gasteiger partial charge in [-0.25, -0.2) is 0 Å². The molecule has 0 heterocycles. The minimum Gasteiger partial charge on any atom is -0.200 e. The summed E-state index contributed by atoms with van der Waals surface area (Å²) in [5, 5.41) is 0. The Balaban J connectivity index is 1.69. The average molecular weight is 521 g/mol. The van der Waals surface area contributed by atoms with Gasteiger partial charge in [-0.05, 0) is 56.2 Å². The summed E-state index contributed by atoms with van der Waals surface area (Å²) in [5.41, 5.74) is 5.03. The highest BCUT2D eigenvalue weighted by atomic mass is 19.3. The quantitative estimate of drug-likeness (QED) is 0.216. The molecule has 5 aromatic rings. The second-order valence-corrected chi connectivity index (χ2v) is 10.3. The van der Waals surface area contributed by atoms with Gasteiger partial charge in [0.25, 0.3) is 5.92 Å². The summed E-state index contributed by atoms with van der Waals surface area (Å²) in [5.74, 6) is -3.24. The maximum atomic E-state index is 17.8. The van der Waals surface area contributed by atoms with Gasteiger partial charge in [-0.15, -0.1) is 0 Å². The second kappa shape index (κ2) is 9.43. The van der Waals surface area contributed by atoms with E-state index in [0.717, 1.165) is 27.8 Å². The Kier molecular flexibility index (Phi) is 5.71. The van der Waals surface area contributed by atoms with Crippen molar-refractivity contribution in [2.24, 2.45) is 0 Å². The van der Waals surface area contributed by atoms with Crippen molar-refractivity contribution in [3.63, 3.8) is 0 Å². The molecule has 0 aromatic heterocycles. The molecular formula is C38H26F2. The molecule has 40 heavy (non-hydrogen) atoms. The van der Waals surface area contributed by atoms with Crippen LogP contribution >= 0.6 is 0 Å². The Hall–Kier alpha value is -4.82. The van der Waals surface area contributed by atoms with Crippen molar-refractivity contribution >= 4 is 16.7 Å². The Labute approximate surface area is 233 Å². The minimum absolute atomic E-state index is 0.0664. The van der Waals surface area contributed by atoms with Crippen LogP contribution in [0.5, 0.6) is 0 Å². The van der Waals surface area contributed by atoms with E-state index in [1.54, 1.807) is 6.08 Å². The largest absolute Gasteiger partial charge is 0.291 e. The fourth-order valence-electron chi connectivity index (χ4n) is 6.52. The van der Waals surface area contributed by atoms with Crippen LogP contribution in [0.3, 0.4) is 0 Å². The topological polar surface area (TPSA) is 0 Å². The lowest BCUT2D eigenvalue weighted by atomic mass is 9.65. The van der Waals surface area contributed by atoms with Crippen molar-refractivity contribution in [2.45, 2.75) is 11.3 Å². The zero-order chi connectivity index (χ0) is 27.2. The fourth-order valence-corrected chi connectivity index (χ4v) is 6.52. The van der Waals surface area contributed by atoms with Crippen LogP contribution in [0.25, 0.3) is 16.7 Å². The first kappa shape index (κ1) is 24.2. The molecule has 2 heteroatoms. The molecule has 0 saturated carbocycles. The highest BCUT2D eigenvalue weighted by Crippen LogP contribution is 2.68. The SMILES string of the molecule is FC1(F)C2=CC(c3ccccc3)=C(c3ccccc3)C2=C(c2ccccc2)C1(c1ccccc1)c1ccccc1. The molecule has 0 spiro atoms. The van der Waals surface area contributed by atoms with Crippen LogP contribution in [0.2, 0.25) is 0 Å². The second-order valence-electron chi connectivity index (χ2n) is 10.3. The van der Waals surface area contributed by atoms with E-state index in [-0.39, 0.29) is 5.57 Å². The summed E-state index contributed by atoms with van der Waals surface area (Å²) < 4.78 is 35.5. The van der Waals surface area contributed by atoms with E-state index in [4.69, 9.17) is 0 Å². The van der Waals surface area contributed by atoms with Crippen molar-refractivity contribution in [3.05, 3.63) is 197 Å². The molecule has 0 fully saturated rings. The summed E-state index contributed by atoms with van der Waals surface area (Å²) in [6, 6.07) is 48.1. The predicted molar refractivity (Wildman–Crippen MR) is 160 cm³/mol. The lowest BCUT2D eigenvalue weighted by molar-refractivity contribution is 0.00735. The molecule has 0 atom stereocenters. The maximum Gasteiger partial charge on any atom is 0.291 e. The van der Waals surface area contributed by atoms with E-state index in [0.29, 0.717) is 22.3 Å². The first-order chi connectivity index (χ1) is 19.6. The number of hydrogen-bond acceptors (Lipinski definition) is 0. The van der Waals surface area contributed by atoms with E-state index < -0.39 is 11.3 Å². The highest BCUT2D eigenvalue weighted by molar-refractivity contribution is 6.16. The lowest BCUT2D eigenvalue weighted by Crippen LogP contribution is -2.44. The van der Waals surface area contributed by atoms with Gasteiger partial charge in [-0.3, -0.25) is 0 Å². The van der Waals surface area contributed by atoms with Crippen LogP contribution in [0.1, 0.15) is 27.8 Å². The fraction of sp³-hybridized carbons (Fsp3) is 0.0526. The summed E-state index contributed by atoms with van der Waals surface area (Å²) in [6.45, 7) is 0. The number of rotatable bonds is 5. The summed E-state index contributed by atoms with van der Waals surface area (Å²) >= 11 is 0. The van der Waals surface area contributed by atoms with Crippen molar-refractivity contribution in [2.75, 3.05) is 0 Å². The van der Waals surface area contributed by atoms with Gasteiger partial charge in [0.1, 0.15) is 5.41 Å². The predicted octanol–water partition coefficient (Wildman–Crippen LogP) is 9.63. The van der Waals surface area contributed by atoms with Gasteiger partial charge in [0.2, 0.25) is 0 Å². The Morgan fingerprint density at radius 1 is 0.400 bits per heavy atom. The number of hydrogen-bond donors (Lipinski definition) is 0. The van der Waals surface area contributed by atoms with E-state index >= 15 is 8.78 Å². The third kappa shape index (κ3) is 3.42. The first-order valence-electron chi connectivity index (χ1n) is 13.5. The van der Waals surface area contributed by atoms with E-state index in [9.17, 15) is 0 Å². The number of alkyl halides is 2. The molecule has 0 aliphatic heterocycles. The normalized spacial score (nSPS) is 17.1. The van der Waals surface area contributed by atoms with Crippen LogP contribution in [0, 0.1) is 0 Å². The van der Waals surface area contributed by atoms with E-state index in [1.165, 1.54) is 0 Å². The minimum atomic E-state index is -3.24. The summed E-state index contributed by atoms with van der Waals surface area (Å²) in [7, 11) is 0. The van der Waals surface area contributed by atoms with Crippen molar-refractivity contribution in [3.8, 4) is 0 Å². The van der Waals surface area contributed by atoms with Crippen molar-refractivity contribution in [1.29, 1.82) is 0 Å². The molecule has 0 radical (unpaired) electrons. The average Bonchev–Trinajstić information content (AvgIpc) is 3.51. The molecule has 0 amide bonds. The smallest absolute Gasteiger partial charge is 0.200 e. The zero-order valence-electron chi connectivity index (χ0n) is 21.8. The van der Waals surface area contributed by atoms with Crippen LogP contribution in [0.4, 0.5) is 8.78 Å². The number of allylic oxidation sites excluding steroid dienone is 6. The molecule has 0 bridgehead atoms. The Morgan fingerprint density at radius 3 is 1.27 bits per heavy atom. The van der Waals surface area contributed by atoms with Gasteiger partial charge < -0.3 is 0 Å². The number of halogens is 2. The molecule has 2 aliphatic carbocycles. The van der Waals surface area contributed by atoms with Gasteiger partial charge in [0.05, 0.1) is 0 Å². The zero-order valence-corrected chi connectivity index (χ0v) is 21.8. The third-order valence-corrected chi connectivity index (χ3v) is 8.13. The standard InChI is InChI=1S/C38H26F2/c39-38(40)33-26-32(27-16-6-1-7-17-27)34(28-18-8-2-9-19-28)35(33)36(29-20-10-3-11-21-29)37(38,30-22-12-4-13-23-30)31-24-14-5-15-25-31/h1-26H. The van der Waals surface area contributed by atoms with Gasteiger partial charge in [-0.1, -0.05) is 152 Å². The van der Waals surface area contributed by atoms with Crippen LogP contribution in [-0.2, 0) is 5.41 Å². The van der Waals surface area contributed by atoms with Gasteiger partial charge in [-0.2, -0.15) is 8.78 Å². The molecule has 2 aliphatic rings. The van der Waals surface area contributed by atoms with Gasteiger partial charge >= 0.3 is 0 Å². The Bertz CT molecular complexity index is 1720. The highest BCUT2D eigenvalue weighted by Gasteiger charge is 2.67. The van der Waals surface area contributed by atoms with E-state index in [2.05, 4.69) is 0 Å². The molecule has 0 unspecified atom stereocenters. The monoisotopic (exact) mass is 520 g/mol. The first-order valence-corrected chi connectivity index (χ1v) is 13.5. The van der Waals surface area contributed by atoms with Crippen LogP contribution < -0.4 is 0 Å². The molecule has 0 nitrogen and oxygen atoms in total. The van der Waals surface area contributed by atoms with Crippen molar-refractivity contribution < 1.29 is 8.78 Å². The third-order valence-electron chi connectivity index (χ3n) is 8.13. The van der Waals surface area contributed by atoms with Crippen molar-refractivity contribution in [1.82, 2.24) is 0 Å². The molecule has 0 N–H and O–H groups in total.